The summed E-state index contributed by atoms with van der Waals surface area (Å²) in [5, 5.41) is 0. The second-order valence-electron chi connectivity index (χ2n) is 7.94. The van der Waals surface area contributed by atoms with Crippen molar-refractivity contribution in [2.45, 2.75) is 39.0 Å². The average Bonchev–Trinajstić information content (AvgIpc) is 3.28. The molecule has 1 aromatic heterocycles. The van der Waals surface area contributed by atoms with Crippen LogP contribution in [0.3, 0.4) is 0 Å². The molecular weight excluding hydrogens is 364 g/mol. The number of anilines is 1. The molecule has 154 valence electrons. The van der Waals surface area contributed by atoms with Crippen LogP contribution in [-0.4, -0.2) is 53.6 Å². The van der Waals surface area contributed by atoms with E-state index in [9.17, 15) is 4.79 Å². The second kappa shape index (κ2) is 9.25. The van der Waals surface area contributed by atoms with Gasteiger partial charge in [-0.2, -0.15) is 0 Å². The predicted molar refractivity (Wildman–Crippen MR) is 114 cm³/mol. The zero-order chi connectivity index (χ0) is 20.1. The van der Waals surface area contributed by atoms with Gasteiger partial charge in [-0.1, -0.05) is 12.8 Å². The van der Waals surface area contributed by atoms with Crippen molar-refractivity contribution in [1.29, 1.82) is 0 Å². The van der Waals surface area contributed by atoms with E-state index in [0.29, 0.717) is 18.4 Å². The lowest BCUT2D eigenvalue weighted by atomic mass is 10.0. The molecule has 6 nitrogen and oxygen atoms in total. The fraction of sp³-hybridized carbons (Fsp3) is 0.522. The van der Waals surface area contributed by atoms with Gasteiger partial charge < -0.3 is 14.5 Å². The number of rotatable bonds is 6. The van der Waals surface area contributed by atoms with Crippen LogP contribution in [0.4, 0.5) is 5.82 Å². The SMILES string of the molecule is CCOc1ccc(-c2cc(N3CCN(C(=O)CC4CCCC4)CC3)ncn2)cc1. The van der Waals surface area contributed by atoms with Crippen molar-refractivity contribution < 1.29 is 9.53 Å². The molecule has 2 aromatic rings. The Balaban J connectivity index is 1.36. The molecule has 1 amide bonds. The average molecular weight is 395 g/mol. The number of amides is 1. The van der Waals surface area contributed by atoms with E-state index in [2.05, 4.69) is 14.9 Å². The highest BCUT2D eigenvalue weighted by atomic mass is 16.5. The molecule has 2 aliphatic rings. The van der Waals surface area contributed by atoms with Gasteiger partial charge in [0.25, 0.3) is 0 Å². The Bertz CT molecular complexity index is 810. The molecule has 1 aromatic carbocycles. The molecule has 0 unspecified atom stereocenters. The van der Waals surface area contributed by atoms with Gasteiger partial charge in [0, 0.05) is 44.2 Å². The Hall–Kier alpha value is -2.63. The normalized spacial score (nSPS) is 17.6. The summed E-state index contributed by atoms with van der Waals surface area (Å²) in [7, 11) is 0. The van der Waals surface area contributed by atoms with Crippen molar-refractivity contribution >= 4 is 11.7 Å². The molecule has 0 bridgehead atoms. The minimum atomic E-state index is 0.328. The monoisotopic (exact) mass is 394 g/mol. The van der Waals surface area contributed by atoms with Gasteiger partial charge in [0.15, 0.2) is 0 Å². The number of benzene rings is 1. The Morgan fingerprint density at radius 2 is 1.79 bits per heavy atom. The highest BCUT2D eigenvalue weighted by molar-refractivity contribution is 5.77. The van der Waals surface area contributed by atoms with Crippen LogP contribution in [0.15, 0.2) is 36.7 Å². The van der Waals surface area contributed by atoms with Crippen LogP contribution in [0, 0.1) is 5.92 Å². The summed E-state index contributed by atoms with van der Waals surface area (Å²) >= 11 is 0. The van der Waals surface area contributed by atoms with Gasteiger partial charge in [0.05, 0.1) is 12.3 Å². The van der Waals surface area contributed by atoms with Gasteiger partial charge in [-0.05, 0) is 49.9 Å². The number of piperazine rings is 1. The zero-order valence-electron chi connectivity index (χ0n) is 17.2. The number of carbonyl (C=O) groups excluding carboxylic acids is 1. The molecule has 0 radical (unpaired) electrons. The fourth-order valence-electron chi connectivity index (χ4n) is 4.34. The Labute approximate surface area is 172 Å². The summed E-state index contributed by atoms with van der Waals surface area (Å²) in [5.41, 5.74) is 1.94. The van der Waals surface area contributed by atoms with E-state index in [1.54, 1.807) is 6.33 Å². The summed E-state index contributed by atoms with van der Waals surface area (Å²) < 4.78 is 5.51. The van der Waals surface area contributed by atoms with Gasteiger partial charge in [-0.3, -0.25) is 4.79 Å². The van der Waals surface area contributed by atoms with Gasteiger partial charge in [-0.25, -0.2) is 9.97 Å². The Morgan fingerprint density at radius 1 is 1.07 bits per heavy atom. The molecule has 1 aliphatic heterocycles. The largest absolute Gasteiger partial charge is 0.494 e. The highest BCUT2D eigenvalue weighted by Gasteiger charge is 2.25. The highest BCUT2D eigenvalue weighted by Crippen LogP contribution is 2.28. The predicted octanol–water partition coefficient (Wildman–Crippen LogP) is 3.77. The second-order valence-corrected chi connectivity index (χ2v) is 7.94. The Kier molecular flexibility index (Phi) is 6.27. The summed E-state index contributed by atoms with van der Waals surface area (Å²) in [6.45, 7) is 5.81. The van der Waals surface area contributed by atoms with Crippen LogP contribution < -0.4 is 9.64 Å². The van der Waals surface area contributed by atoms with Crippen LogP contribution >= 0.6 is 0 Å². The van der Waals surface area contributed by atoms with E-state index in [4.69, 9.17) is 4.74 Å². The van der Waals surface area contributed by atoms with Crippen molar-refractivity contribution in [3.05, 3.63) is 36.7 Å². The lowest BCUT2D eigenvalue weighted by Gasteiger charge is -2.36. The smallest absolute Gasteiger partial charge is 0.222 e. The van der Waals surface area contributed by atoms with E-state index < -0.39 is 0 Å². The number of carbonyl (C=O) groups is 1. The lowest BCUT2D eigenvalue weighted by molar-refractivity contribution is -0.132. The van der Waals surface area contributed by atoms with Gasteiger partial charge in [-0.15, -0.1) is 0 Å². The maximum Gasteiger partial charge on any atom is 0.222 e. The van der Waals surface area contributed by atoms with Gasteiger partial charge in [0.1, 0.15) is 17.9 Å². The number of nitrogens with zero attached hydrogens (tertiary/aromatic N) is 4. The molecular formula is C23H30N4O2. The van der Waals surface area contributed by atoms with Crippen LogP contribution in [0.1, 0.15) is 39.0 Å². The summed E-state index contributed by atoms with van der Waals surface area (Å²) in [5.74, 6) is 2.73. The van der Waals surface area contributed by atoms with Crippen molar-refractivity contribution in [1.82, 2.24) is 14.9 Å². The zero-order valence-corrected chi connectivity index (χ0v) is 17.2. The lowest BCUT2D eigenvalue weighted by Crippen LogP contribution is -2.49. The maximum absolute atomic E-state index is 12.6. The Morgan fingerprint density at radius 3 is 2.48 bits per heavy atom. The van der Waals surface area contributed by atoms with Crippen molar-refractivity contribution in [2.24, 2.45) is 5.92 Å². The van der Waals surface area contributed by atoms with E-state index in [1.807, 2.05) is 42.2 Å². The molecule has 2 fully saturated rings. The standard InChI is InChI=1S/C23H30N4O2/c1-2-29-20-9-7-19(8-10-20)21-16-22(25-17-24-21)26-11-13-27(14-12-26)23(28)15-18-5-3-4-6-18/h7-10,16-18H,2-6,11-15H2,1H3. The first-order valence-corrected chi connectivity index (χ1v) is 10.8. The first-order chi connectivity index (χ1) is 14.2. The van der Waals surface area contributed by atoms with Crippen molar-refractivity contribution in [3.63, 3.8) is 0 Å². The molecule has 2 heterocycles. The number of aromatic nitrogens is 2. The fourth-order valence-corrected chi connectivity index (χ4v) is 4.34. The topological polar surface area (TPSA) is 58.6 Å². The van der Waals surface area contributed by atoms with Crippen molar-refractivity contribution in [2.75, 3.05) is 37.7 Å². The molecule has 0 N–H and O–H groups in total. The first kappa shape index (κ1) is 19.7. The summed E-state index contributed by atoms with van der Waals surface area (Å²) in [6, 6.07) is 10.0. The molecule has 29 heavy (non-hydrogen) atoms. The quantitative estimate of drug-likeness (QED) is 0.746. The number of hydrogen-bond acceptors (Lipinski definition) is 5. The van der Waals surface area contributed by atoms with Crippen LogP contribution in [0.25, 0.3) is 11.3 Å². The molecule has 1 saturated carbocycles. The minimum Gasteiger partial charge on any atom is -0.494 e. The summed E-state index contributed by atoms with van der Waals surface area (Å²) in [6.07, 6.45) is 7.38. The third-order valence-corrected chi connectivity index (χ3v) is 6.01. The van der Waals surface area contributed by atoms with Crippen molar-refractivity contribution in [3.8, 4) is 17.0 Å². The van der Waals surface area contributed by atoms with Gasteiger partial charge >= 0.3 is 0 Å². The first-order valence-electron chi connectivity index (χ1n) is 10.8. The molecule has 1 saturated heterocycles. The molecule has 6 heteroatoms. The van der Waals surface area contributed by atoms with E-state index >= 15 is 0 Å². The molecule has 0 spiro atoms. The van der Waals surface area contributed by atoms with Crippen LogP contribution in [-0.2, 0) is 4.79 Å². The molecule has 4 rings (SSSR count). The third kappa shape index (κ3) is 4.86. The summed E-state index contributed by atoms with van der Waals surface area (Å²) in [4.78, 5) is 25.8. The maximum atomic E-state index is 12.6. The minimum absolute atomic E-state index is 0.328. The van der Waals surface area contributed by atoms with Crippen LogP contribution in [0.2, 0.25) is 0 Å². The van der Waals surface area contributed by atoms with Gasteiger partial charge in [0.2, 0.25) is 5.91 Å². The number of hydrogen-bond donors (Lipinski definition) is 0. The van der Waals surface area contributed by atoms with E-state index in [-0.39, 0.29) is 0 Å². The number of ether oxygens (including phenoxy) is 1. The molecule has 1 aliphatic carbocycles. The third-order valence-electron chi connectivity index (χ3n) is 6.01. The van der Waals surface area contributed by atoms with E-state index in [1.165, 1.54) is 25.7 Å². The van der Waals surface area contributed by atoms with Crippen LogP contribution in [0.5, 0.6) is 5.75 Å². The molecule has 0 atom stereocenters. The van der Waals surface area contributed by atoms with E-state index in [0.717, 1.165) is 55.4 Å².